The summed E-state index contributed by atoms with van der Waals surface area (Å²) in [6, 6.07) is 6.49. The fourth-order valence-electron chi connectivity index (χ4n) is 4.65. The van der Waals surface area contributed by atoms with Crippen LogP contribution in [0.5, 0.6) is 11.5 Å². The first kappa shape index (κ1) is 33.3. The van der Waals surface area contributed by atoms with Crippen LogP contribution in [0.3, 0.4) is 0 Å². The molecule has 0 fully saturated rings. The molecule has 0 spiro atoms. The highest BCUT2D eigenvalue weighted by molar-refractivity contribution is 6.62. The molecule has 0 saturated carbocycles. The Bertz CT molecular complexity index is 1350. The van der Waals surface area contributed by atoms with E-state index in [2.05, 4.69) is 25.5 Å². The maximum absolute atomic E-state index is 12.5. The van der Waals surface area contributed by atoms with Crippen molar-refractivity contribution in [3.63, 3.8) is 0 Å². The van der Waals surface area contributed by atoms with Gasteiger partial charge in [-0.15, -0.1) is 13.2 Å². The van der Waals surface area contributed by atoms with E-state index in [1.165, 1.54) is 16.9 Å². The molecule has 2 N–H and O–H groups in total. The summed E-state index contributed by atoms with van der Waals surface area (Å²) in [4.78, 5) is 38.6. The van der Waals surface area contributed by atoms with E-state index in [1.54, 1.807) is 31.6 Å². The molecule has 43 heavy (non-hydrogen) atoms. The molecule has 1 unspecified atom stereocenters. The smallest absolute Gasteiger partial charge is 0.494 e. The van der Waals surface area contributed by atoms with Gasteiger partial charge in [0.05, 0.1) is 30.9 Å². The molecule has 230 valence electrons. The van der Waals surface area contributed by atoms with Crippen molar-refractivity contribution in [2.45, 2.75) is 57.6 Å². The molecule has 0 aliphatic heterocycles. The summed E-state index contributed by atoms with van der Waals surface area (Å²) < 4.78 is 48.7. The number of halogens is 3. The Labute approximate surface area is 248 Å². The number of aromatic nitrogens is 3. The van der Waals surface area contributed by atoms with Crippen molar-refractivity contribution < 1.29 is 37.0 Å². The molecule has 0 aliphatic carbocycles. The van der Waals surface area contributed by atoms with Gasteiger partial charge in [-0.1, -0.05) is 6.82 Å². The summed E-state index contributed by atoms with van der Waals surface area (Å²) in [7, 11) is 1.57. The Morgan fingerprint density at radius 1 is 1.14 bits per heavy atom. The van der Waals surface area contributed by atoms with Crippen LogP contribution in [0.2, 0.25) is 12.6 Å². The van der Waals surface area contributed by atoms with Gasteiger partial charge in [0.2, 0.25) is 5.91 Å². The SMILES string of the molecule is CNC(=O)C(CCC=O)B(C)Cc1cc(OCCCCNCc2cnn(-c3cncc(OC(F)(F)F)c3)c2)ccc1C=O. The zero-order chi connectivity index (χ0) is 31.2. The largest absolute Gasteiger partial charge is 0.573 e. The lowest BCUT2D eigenvalue weighted by Crippen LogP contribution is -2.34. The Morgan fingerprint density at radius 2 is 1.95 bits per heavy atom. The van der Waals surface area contributed by atoms with E-state index in [1.807, 2.05) is 12.9 Å². The minimum atomic E-state index is -4.80. The van der Waals surface area contributed by atoms with Crippen molar-refractivity contribution in [1.82, 2.24) is 25.4 Å². The molecule has 0 aliphatic rings. The monoisotopic (exact) mass is 601 g/mol. The minimum Gasteiger partial charge on any atom is -0.494 e. The fraction of sp³-hybridized carbons (Fsp3) is 0.414. The molecular formula is C29H35BF3N5O5. The third kappa shape index (κ3) is 10.9. The number of aldehydes is 2. The van der Waals surface area contributed by atoms with Gasteiger partial charge in [-0.2, -0.15) is 5.10 Å². The highest BCUT2D eigenvalue weighted by Crippen LogP contribution is 2.25. The Balaban J connectivity index is 1.43. The average Bonchev–Trinajstić information content (AvgIpc) is 3.45. The van der Waals surface area contributed by atoms with Crippen LogP contribution in [0.15, 0.2) is 49.1 Å². The van der Waals surface area contributed by atoms with Crippen LogP contribution in [-0.4, -0.2) is 66.5 Å². The number of hydrogen-bond donors (Lipinski definition) is 2. The van der Waals surface area contributed by atoms with Crippen LogP contribution >= 0.6 is 0 Å². The molecule has 1 aromatic carbocycles. The normalized spacial score (nSPS) is 11.9. The Morgan fingerprint density at radius 3 is 2.67 bits per heavy atom. The molecule has 0 radical (unpaired) electrons. The molecule has 0 bridgehead atoms. The highest BCUT2D eigenvalue weighted by Gasteiger charge is 2.31. The van der Waals surface area contributed by atoms with E-state index < -0.39 is 12.1 Å². The number of rotatable bonds is 18. The van der Waals surface area contributed by atoms with Gasteiger partial charge < -0.3 is 24.9 Å². The number of carbonyl (C=O) groups is 3. The lowest BCUT2D eigenvalue weighted by molar-refractivity contribution is -0.274. The van der Waals surface area contributed by atoms with E-state index in [-0.39, 0.29) is 18.4 Å². The number of alkyl halides is 3. The molecule has 1 atom stereocenters. The number of hydrogen-bond acceptors (Lipinski definition) is 8. The Hall–Kier alpha value is -4.20. The fourth-order valence-corrected chi connectivity index (χ4v) is 4.65. The third-order valence-electron chi connectivity index (χ3n) is 6.83. The third-order valence-corrected chi connectivity index (χ3v) is 6.83. The lowest BCUT2D eigenvalue weighted by atomic mass is 9.39. The highest BCUT2D eigenvalue weighted by atomic mass is 19.4. The van der Waals surface area contributed by atoms with Gasteiger partial charge in [0.15, 0.2) is 6.71 Å². The lowest BCUT2D eigenvalue weighted by Gasteiger charge is -2.20. The molecule has 3 rings (SSSR count). The summed E-state index contributed by atoms with van der Waals surface area (Å²) >= 11 is 0. The van der Waals surface area contributed by atoms with E-state index >= 15 is 0 Å². The summed E-state index contributed by atoms with van der Waals surface area (Å²) in [5.41, 5.74) is 2.52. The van der Waals surface area contributed by atoms with Crippen molar-refractivity contribution in [3.05, 3.63) is 65.7 Å². The van der Waals surface area contributed by atoms with Crippen molar-refractivity contribution in [1.29, 1.82) is 0 Å². The maximum Gasteiger partial charge on any atom is 0.573 e. The van der Waals surface area contributed by atoms with Crippen molar-refractivity contribution in [2.75, 3.05) is 20.2 Å². The predicted octanol–water partition coefficient (Wildman–Crippen LogP) is 4.23. The quantitative estimate of drug-likeness (QED) is 0.126. The van der Waals surface area contributed by atoms with Crippen LogP contribution in [0.4, 0.5) is 13.2 Å². The second kappa shape index (κ2) is 16.4. The summed E-state index contributed by atoms with van der Waals surface area (Å²) in [5.74, 6) is -0.258. The van der Waals surface area contributed by atoms with E-state index in [0.717, 1.165) is 42.7 Å². The summed E-state index contributed by atoms with van der Waals surface area (Å²) in [6.07, 6.45) is 5.32. The molecule has 3 aromatic rings. The Kier molecular flexibility index (Phi) is 12.7. The van der Waals surface area contributed by atoms with Crippen LogP contribution in [0.25, 0.3) is 5.69 Å². The van der Waals surface area contributed by atoms with Crippen molar-refractivity contribution in [3.8, 4) is 17.2 Å². The summed E-state index contributed by atoms with van der Waals surface area (Å²) in [6.45, 7) is 3.55. The van der Waals surface area contributed by atoms with Crippen LogP contribution in [0, 0.1) is 0 Å². The molecule has 1 amide bonds. The second-order valence-electron chi connectivity index (χ2n) is 10.1. The topological polar surface area (TPSA) is 124 Å². The summed E-state index contributed by atoms with van der Waals surface area (Å²) in [5, 5.41) is 10.1. The van der Waals surface area contributed by atoms with Crippen molar-refractivity contribution >= 4 is 25.2 Å². The number of nitrogens with zero attached hydrogens (tertiary/aromatic N) is 3. The van der Waals surface area contributed by atoms with Gasteiger partial charge in [-0.3, -0.25) is 14.6 Å². The molecular weight excluding hydrogens is 566 g/mol. The number of unbranched alkanes of at least 4 members (excludes halogenated alkanes) is 1. The van der Waals surface area contributed by atoms with Gasteiger partial charge in [0, 0.05) is 49.2 Å². The minimum absolute atomic E-state index is 0.0859. The number of carbonyl (C=O) groups excluding carboxylic acids is 3. The molecule has 2 heterocycles. The first-order valence-electron chi connectivity index (χ1n) is 13.9. The standard InChI is InChI=1S/C29H35BF3N5O5/c1-30(27(6-5-10-39)28(41)34-2)14-23-12-25(8-7-22(23)20-40)42-11-4-3-9-35-15-21-16-37-38(19-21)24-13-26(18-36-17-24)43-29(31,32)33/h7-8,10,12-13,16-20,27,35H,3-6,9,11,14-15H2,1-2H3,(H,34,41). The number of amides is 1. The van der Waals surface area contributed by atoms with Crippen LogP contribution < -0.4 is 20.1 Å². The zero-order valence-electron chi connectivity index (χ0n) is 24.1. The zero-order valence-corrected chi connectivity index (χ0v) is 24.1. The van der Waals surface area contributed by atoms with Crippen LogP contribution in [0.1, 0.15) is 47.2 Å². The van der Waals surface area contributed by atoms with Gasteiger partial charge in [0.1, 0.15) is 24.1 Å². The maximum atomic E-state index is 12.5. The number of benzene rings is 1. The predicted molar refractivity (Wildman–Crippen MR) is 155 cm³/mol. The van der Waals surface area contributed by atoms with Crippen LogP contribution in [-0.2, 0) is 22.5 Å². The van der Waals surface area contributed by atoms with Gasteiger partial charge >= 0.3 is 6.36 Å². The van der Waals surface area contributed by atoms with Crippen molar-refractivity contribution in [2.24, 2.45) is 0 Å². The van der Waals surface area contributed by atoms with Gasteiger partial charge in [0.25, 0.3) is 0 Å². The average molecular weight is 601 g/mol. The van der Waals surface area contributed by atoms with E-state index in [9.17, 15) is 27.6 Å². The van der Waals surface area contributed by atoms with E-state index in [4.69, 9.17) is 4.74 Å². The second-order valence-corrected chi connectivity index (χ2v) is 10.1. The molecule has 14 heteroatoms. The number of ether oxygens (including phenoxy) is 2. The molecule has 10 nitrogen and oxygen atoms in total. The molecule has 2 aromatic heterocycles. The van der Waals surface area contributed by atoms with Gasteiger partial charge in [-0.05, 0) is 55.9 Å². The first-order chi connectivity index (χ1) is 20.6. The number of pyridine rings is 1. The first-order valence-corrected chi connectivity index (χ1v) is 13.9. The van der Waals surface area contributed by atoms with Gasteiger partial charge in [-0.25, -0.2) is 4.68 Å². The molecule has 0 saturated heterocycles. The number of nitrogens with one attached hydrogen (secondary N) is 2. The van der Waals surface area contributed by atoms with E-state index in [0.29, 0.717) is 55.9 Å².